The Hall–Kier alpha value is -5.79. The van der Waals surface area contributed by atoms with Gasteiger partial charge in [-0.3, -0.25) is 44.1 Å². The number of halogens is 1. The first kappa shape index (κ1) is 52.0. The molecule has 2 bridgehead atoms. The number of ether oxygens (including phenoxy) is 2. The van der Waals surface area contributed by atoms with Crippen LogP contribution in [0.25, 0.3) is 32.9 Å². The molecule has 364 valence electrons. The van der Waals surface area contributed by atoms with Gasteiger partial charge in [0.15, 0.2) is 5.82 Å². The maximum atomic E-state index is 16.0. The fraction of sp³-hybridized carbons (Fsp3) is 0.412. The van der Waals surface area contributed by atoms with Gasteiger partial charge in [-0.15, -0.1) is 0 Å². The number of carbonyl (C=O) groups is 5. The monoisotopic (exact) mass is 966 g/mol. The second kappa shape index (κ2) is 23.0. The number of fused-ring (bicyclic) bond motifs is 5. The number of nitrogens with one attached hydrogen (secondary N) is 2. The van der Waals surface area contributed by atoms with Crippen molar-refractivity contribution in [2.45, 2.75) is 69.5 Å². The number of amides is 5. The molecule has 17 nitrogen and oxygen atoms in total. The van der Waals surface area contributed by atoms with Crippen LogP contribution in [0.5, 0.6) is 17.5 Å². The molecule has 7 heterocycles. The summed E-state index contributed by atoms with van der Waals surface area (Å²) in [6.45, 7) is 12.1. The molecule has 3 atom stereocenters. The molecule has 0 radical (unpaired) electrons. The second-order valence-electron chi connectivity index (χ2n) is 18.0. The van der Waals surface area contributed by atoms with Crippen molar-refractivity contribution in [3.05, 3.63) is 91.6 Å². The summed E-state index contributed by atoms with van der Waals surface area (Å²) in [7, 11) is 5.83. The van der Waals surface area contributed by atoms with Gasteiger partial charge in [-0.05, 0) is 106 Å². The topological polar surface area (TPSA) is 200 Å². The molecule has 0 saturated carbocycles. The number of phenols is 1. The molecule has 70 heavy (non-hydrogen) atoms. The Bertz CT molecular complexity index is 2760. The van der Waals surface area contributed by atoms with Gasteiger partial charge in [0.2, 0.25) is 17.7 Å². The van der Waals surface area contributed by atoms with Crippen molar-refractivity contribution in [1.82, 2.24) is 40.3 Å². The van der Waals surface area contributed by atoms with Crippen LogP contribution in [0.15, 0.2) is 60.8 Å². The number of pyridine rings is 1. The largest absolute Gasteiger partial charge is 1.00 e. The number of aromatic nitrogens is 3. The van der Waals surface area contributed by atoms with Crippen molar-refractivity contribution in [3.8, 4) is 28.8 Å². The van der Waals surface area contributed by atoms with Crippen LogP contribution in [0, 0.1) is 25.6 Å². The van der Waals surface area contributed by atoms with E-state index in [1.54, 1.807) is 18.3 Å². The smallest absolute Gasteiger partial charge is 0.508 e. The number of anilines is 1. The van der Waals surface area contributed by atoms with Crippen LogP contribution in [0.3, 0.4) is 0 Å². The van der Waals surface area contributed by atoms with Crippen molar-refractivity contribution < 1.29 is 72.5 Å². The first-order valence-corrected chi connectivity index (χ1v) is 23.4. The molecule has 3 unspecified atom stereocenters. The van der Waals surface area contributed by atoms with E-state index in [2.05, 4.69) is 68.2 Å². The molecule has 10 rings (SSSR count). The van der Waals surface area contributed by atoms with E-state index in [-0.39, 0.29) is 101 Å². The Labute approximate surface area is 428 Å². The van der Waals surface area contributed by atoms with Gasteiger partial charge in [0.05, 0.1) is 30.2 Å². The van der Waals surface area contributed by atoms with Crippen LogP contribution in [-0.4, -0.2) is 143 Å². The van der Waals surface area contributed by atoms with Crippen molar-refractivity contribution in [2.75, 3.05) is 65.4 Å². The summed E-state index contributed by atoms with van der Waals surface area (Å²) in [6.07, 6.45) is 7.85. The number of hydrogen-bond donors (Lipinski definition) is 3. The number of likely N-dealkylation sites (N-methyl/N-ethyl adjacent to an activating group) is 1. The molecule has 5 aromatic rings. The van der Waals surface area contributed by atoms with E-state index in [0.29, 0.717) is 47.4 Å². The number of hydrogen-bond acceptors (Lipinski definition) is 14. The number of nitrogens with zero attached hydrogens (tertiary/aromatic N) is 7. The van der Waals surface area contributed by atoms with E-state index in [9.17, 15) is 29.1 Å². The number of imide groups is 2. The third-order valence-corrected chi connectivity index (χ3v) is 13.6. The molecule has 4 fully saturated rings. The standard InChI is InChI=1S/C25H24FN5O2.C21H23N3O6.C5H11N.Na/c1-30-15-7-8-16(30)13-31(12-15)24-20-11-27-22(21(26)23(20)28-25(29-24)33-2)19-10-17(32)9-14-5-3-4-6-18(14)19;1-3-12(4-2)18(26)22-9-10-30-13-5-6-14-15(11-13)21(29)24(20(14)28)16-7-8-17(25)23-19(16)27;1-6-4-2-3-5-6;/h3-6,9-11,15-16,32H,7-8,12-13H2,1-2H3;5-6,11-12,16H,1-4,7-10H2,(H,22,26)(H,23,25,27);2-5H2,1H3;/q;-2;;+1. The number of piperidine rings is 1. The zero-order valence-electron chi connectivity index (χ0n) is 40.2. The number of piperazine rings is 1. The van der Waals surface area contributed by atoms with Gasteiger partial charge < -0.3 is 43.5 Å². The fourth-order valence-corrected chi connectivity index (χ4v) is 9.63. The molecule has 19 heteroatoms. The molecule has 5 aliphatic rings. The van der Waals surface area contributed by atoms with E-state index in [0.717, 1.165) is 41.6 Å². The predicted molar refractivity (Wildman–Crippen MR) is 257 cm³/mol. The number of phenolic OH excluding ortho intramolecular Hbond substituents is 1. The average molecular weight is 967 g/mol. The number of likely N-dealkylation sites (tertiary alicyclic amines) is 1. The first-order valence-electron chi connectivity index (χ1n) is 23.4. The Morgan fingerprint density at radius 3 is 2.27 bits per heavy atom. The summed E-state index contributed by atoms with van der Waals surface area (Å²) in [5.74, 6) is -2.12. The van der Waals surface area contributed by atoms with Crippen molar-refractivity contribution in [3.63, 3.8) is 0 Å². The molecule has 4 saturated heterocycles. The van der Waals surface area contributed by atoms with Gasteiger partial charge in [0, 0.05) is 43.4 Å². The van der Waals surface area contributed by atoms with Gasteiger partial charge in [-0.2, -0.15) is 22.8 Å². The second-order valence-corrected chi connectivity index (χ2v) is 18.0. The van der Waals surface area contributed by atoms with Crippen molar-refractivity contribution in [2.24, 2.45) is 5.92 Å². The van der Waals surface area contributed by atoms with Gasteiger partial charge in [-0.25, -0.2) is 4.39 Å². The van der Waals surface area contributed by atoms with Gasteiger partial charge in [0.25, 0.3) is 11.8 Å². The molecule has 5 aliphatic heterocycles. The molecule has 2 aromatic heterocycles. The summed E-state index contributed by atoms with van der Waals surface area (Å²) in [5.41, 5.74) is 1.14. The zero-order valence-corrected chi connectivity index (χ0v) is 42.2. The van der Waals surface area contributed by atoms with Crippen LogP contribution in [0.1, 0.15) is 72.1 Å². The Morgan fingerprint density at radius 1 is 0.914 bits per heavy atom. The van der Waals surface area contributed by atoms with Crippen LogP contribution in [0.2, 0.25) is 0 Å². The Balaban J connectivity index is 0.000000182. The van der Waals surface area contributed by atoms with Crippen LogP contribution < -0.4 is 54.6 Å². The van der Waals surface area contributed by atoms with E-state index in [1.807, 2.05) is 24.3 Å². The van der Waals surface area contributed by atoms with E-state index in [1.165, 1.54) is 51.2 Å². The van der Waals surface area contributed by atoms with Crippen LogP contribution >= 0.6 is 0 Å². The molecular weight excluding hydrogens is 909 g/mol. The molecule has 3 aromatic carbocycles. The quantitative estimate of drug-likeness (QED) is 0.0755. The number of rotatable bonds is 11. The number of methoxy groups -OCH3 is 1. The summed E-state index contributed by atoms with van der Waals surface area (Å²) in [5, 5.41) is 17.3. The first-order chi connectivity index (χ1) is 33.3. The van der Waals surface area contributed by atoms with E-state index >= 15 is 4.39 Å². The summed E-state index contributed by atoms with van der Waals surface area (Å²) in [4.78, 5) is 82.1. The zero-order chi connectivity index (χ0) is 48.9. The minimum Gasteiger partial charge on any atom is -0.508 e. The summed E-state index contributed by atoms with van der Waals surface area (Å²) in [6, 6.07) is 15.2. The number of benzene rings is 3. The predicted octanol–water partition coefficient (Wildman–Crippen LogP) is 2.34. The van der Waals surface area contributed by atoms with Gasteiger partial charge >= 0.3 is 35.6 Å². The average Bonchev–Trinajstić information content (AvgIpc) is 3.97. The SMILES string of the molecule is CN1CCCC1.COc1nc(N2CC3CCC(C2)N3C)c2cnc(-c3cc(O)cc4ccccc34)c(F)c2n1.[CH2-]CC(C[CH2-])C(=O)NCCOc1ccc2c(c1)C(=O)N(C1CCC(=O)NC1=O)C2=O.[Na+]. The molecule has 3 N–H and O–H groups in total. The van der Waals surface area contributed by atoms with Crippen molar-refractivity contribution >= 4 is 57.0 Å². The number of carbonyl (C=O) groups excluding carboxylic acids is 5. The number of aromatic hydroxyl groups is 1. The Kier molecular flexibility index (Phi) is 17.1. The summed E-state index contributed by atoms with van der Waals surface area (Å²) >= 11 is 0. The molecule has 0 spiro atoms. The summed E-state index contributed by atoms with van der Waals surface area (Å²) < 4.78 is 26.9. The van der Waals surface area contributed by atoms with Crippen molar-refractivity contribution in [1.29, 1.82) is 0 Å². The van der Waals surface area contributed by atoms with E-state index < -0.39 is 35.5 Å². The maximum absolute atomic E-state index is 16.0. The Morgan fingerprint density at radius 2 is 1.61 bits per heavy atom. The van der Waals surface area contributed by atoms with Gasteiger partial charge in [0.1, 0.15) is 41.2 Å². The third kappa shape index (κ3) is 11.1. The van der Waals surface area contributed by atoms with Crippen LogP contribution in [-0.2, 0) is 14.4 Å². The molecule has 5 amide bonds. The maximum Gasteiger partial charge on any atom is 1.00 e. The minimum absolute atomic E-state index is 0. The van der Waals surface area contributed by atoms with Gasteiger partial charge in [-0.1, -0.05) is 24.3 Å². The van der Waals surface area contributed by atoms with E-state index in [4.69, 9.17) is 9.47 Å². The molecular formula is C51H58FN9NaO8-. The molecule has 0 aliphatic carbocycles. The third-order valence-electron chi connectivity index (χ3n) is 13.6. The fourth-order valence-electron chi connectivity index (χ4n) is 9.63. The van der Waals surface area contributed by atoms with Crippen LogP contribution in [0.4, 0.5) is 10.2 Å². The normalized spacial score (nSPS) is 19.8. The minimum atomic E-state index is -1.01.